The highest BCUT2D eigenvalue weighted by atomic mass is 16.4. The first-order valence-corrected chi connectivity index (χ1v) is 32.5. The van der Waals surface area contributed by atoms with Crippen LogP contribution in [0.5, 0.6) is 0 Å². The number of carboxylic acid groups (broad SMARTS) is 2. The Morgan fingerprint density at radius 1 is 0.371 bits per heavy atom. The molecule has 70 heavy (non-hydrogen) atoms. The third kappa shape index (κ3) is 46.7. The summed E-state index contributed by atoms with van der Waals surface area (Å²) in [4.78, 5) is 22.5. The van der Waals surface area contributed by atoms with Crippen molar-refractivity contribution in [1.29, 1.82) is 0 Å². The average molecular weight is 988 g/mol. The monoisotopic (exact) mass is 987 g/mol. The Morgan fingerprint density at radius 3 is 0.957 bits per heavy atom. The van der Waals surface area contributed by atoms with Gasteiger partial charge in [-0.25, -0.2) is 0 Å². The van der Waals surface area contributed by atoms with Crippen molar-refractivity contribution in [3.05, 3.63) is 0 Å². The second-order valence-electron chi connectivity index (χ2n) is 23.8. The molecule has 5 heteroatoms. The third-order valence-corrected chi connectivity index (χ3v) is 17.0. The lowest BCUT2D eigenvalue weighted by molar-refractivity contribution is -0.146. The average Bonchev–Trinajstić information content (AvgIpc) is 4.13. The summed E-state index contributed by atoms with van der Waals surface area (Å²) >= 11 is 0. The predicted molar refractivity (Wildman–Crippen MR) is 305 cm³/mol. The summed E-state index contributed by atoms with van der Waals surface area (Å²) in [6.07, 6.45) is 72.5. The number of aliphatic hydroxyl groups excluding tert-OH is 1. The Bertz CT molecular complexity index is 1080. The Morgan fingerprint density at radius 2 is 0.643 bits per heavy atom. The molecule has 5 atom stereocenters. The van der Waals surface area contributed by atoms with Crippen molar-refractivity contribution in [2.45, 2.75) is 380 Å². The molecule has 0 amide bonds. The Balaban J connectivity index is 1.78. The van der Waals surface area contributed by atoms with Crippen LogP contribution >= 0.6 is 0 Å². The van der Waals surface area contributed by atoms with E-state index in [2.05, 4.69) is 13.8 Å². The van der Waals surface area contributed by atoms with Gasteiger partial charge in [-0.2, -0.15) is 0 Å². The molecule has 1 aliphatic carbocycles. The zero-order valence-electron chi connectivity index (χ0n) is 47.6. The number of rotatable bonds is 60. The summed E-state index contributed by atoms with van der Waals surface area (Å²) in [5, 5.41) is 29.2. The number of hydrogen-bond acceptors (Lipinski definition) is 3. The highest BCUT2D eigenvalue weighted by molar-refractivity contribution is 5.70. The SMILES string of the molecule is CCCCCCCCCCCCCCCCCCCCCC[C@@H](C(=O)O)[C@H](O)CCCCCCCCCCCCCCCCCC[C@H]1C[C@@H]1[C@@H](C)CCCCCCCCCCCCCCCCC(=O)O. The van der Waals surface area contributed by atoms with Crippen molar-refractivity contribution < 1.29 is 24.9 Å². The van der Waals surface area contributed by atoms with Crippen LogP contribution in [-0.4, -0.2) is 33.4 Å². The minimum Gasteiger partial charge on any atom is -0.481 e. The van der Waals surface area contributed by atoms with E-state index in [0.29, 0.717) is 19.3 Å². The lowest BCUT2D eigenvalue weighted by Crippen LogP contribution is -2.28. The molecule has 0 aromatic carbocycles. The van der Waals surface area contributed by atoms with Crippen LogP contribution in [0.25, 0.3) is 0 Å². The molecule has 0 spiro atoms. The molecule has 1 saturated carbocycles. The summed E-state index contributed by atoms with van der Waals surface area (Å²) in [6.45, 7) is 4.84. The summed E-state index contributed by atoms with van der Waals surface area (Å²) in [6, 6.07) is 0. The number of hydrogen-bond donors (Lipinski definition) is 3. The van der Waals surface area contributed by atoms with E-state index in [0.717, 1.165) is 56.3 Å². The molecule has 0 bridgehead atoms. The molecular formula is C65H126O5. The van der Waals surface area contributed by atoms with Gasteiger partial charge >= 0.3 is 11.9 Å². The molecular weight excluding hydrogens is 861 g/mol. The number of carboxylic acids is 2. The van der Waals surface area contributed by atoms with Crippen LogP contribution in [0, 0.1) is 23.7 Å². The van der Waals surface area contributed by atoms with Crippen LogP contribution in [-0.2, 0) is 9.59 Å². The van der Waals surface area contributed by atoms with Crippen molar-refractivity contribution in [3.8, 4) is 0 Å². The third-order valence-electron chi connectivity index (χ3n) is 17.0. The largest absolute Gasteiger partial charge is 0.481 e. The first kappa shape index (κ1) is 66.9. The van der Waals surface area contributed by atoms with Gasteiger partial charge in [0.05, 0.1) is 12.0 Å². The van der Waals surface area contributed by atoms with E-state index in [1.165, 1.54) is 302 Å². The standard InChI is InChI=1S/C65H126O5/c1-3-4-5-6-7-8-9-10-11-12-13-14-15-19-25-30-35-40-45-50-55-61(65(69)70)63(66)56-51-46-41-36-31-26-20-17-16-18-24-29-34-39-44-49-54-60-58-62(60)59(2)53-48-43-38-33-28-23-21-22-27-32-37-42-47-52-57-64(67)68/h59-63,66H,3-58H2,1-2H3,(H,67,68)(H,69,70)/t59-,60-,61+,62+,63+/m0/s1. The fourth-order valence-electron chi connectivity index (χ4n) is 11.9. The maximum absolute atomic E-state index is 11.9. The minimum atomic E-state index is -0.804. The summed E-state index contributed by atoms with van der Waals surface area (Å²) < 4.78 is 0. The molecule has 0 saturated heterocycles. The van der Waals surface area contributed by atoms with Crippen molar-refractivity contribution in [2.75, 3.05) is 0 Å². The number of aliphatic hydroxyl groups is 1. The van der Waals surface area contributed by atoms with Crippen LogP contribution in [0.15, 0.2) is 0 Å². The Labute approximate surface area is 438 Å². The van der Waals surface area contributed by atoms with Gasteiger partial charge in [0, 0.05) is 6.42 Å². The van der Waals surface area contributed by atoms with Gasteiger partial charge in [-0.05, 0) is 43.4 Å². The lowest BCUT2D eigenvalue weighted by Gasteiger charge is -2.19. The fourth-order valence-corrected chi connectivity index (χ4v) is 11.9. The second-order valence-corrected chi connectivity index (χ2v) is 23.8. The molecule has 416 valence electrons. The van der Waals surface area contributed by atoms with Gasteiger partial charge in [0.15, 0.2) is 0 Å². The molecule has 1 rings (SSSR count). The Kier molecular flexibility index (Phi) is 50.4. The van der Waals surface area contributed by atoms with Gasteiger partial charge in [0.1, 0.15) is 0 Å². The summed E-state index contributed by atoms with van der Waals surface area (Å²) in [5.41, 5.74) is 0. The molecule has 0 unspecified atom stereocenters. The Hall–Kier alpha value is -1.10. The van der Waals surface area contributed by atoms with Gasteiger partial charge in [-0.15, -0.1) is 0 Å². The summed E-state index contributed by atoms with van der Waals surface area (Å²) in [5.74, 6) is 1.01. The van der Waals surface area contributed by atoms with Crippen molar-refractivity contribution in [1.82, 2.24) is 0 Å². The molecule has 0 aliphatic heterocycles. The van der Waals surface area contributed by atoms with Gasteiger partial charge in [0.2, 0.25) is 0 Å². The van der Waals surface area contributed by atoms with Crippen LogP contribution in [0.2, 0.25) is 0 Å². The van der Waals surface area contributed by atoms with E-state index in [9.17, 15) is 19.8 Å². The highest BCUT2D eigenvalue weighted by Gasteiger charge is 2.39. The molecule has 0 radical (unpaired) electrons. The molecule has 5 nitrogen and oxygen atoms in total. The zero-order valence-corrected chi connectivity index (χ0v) is 47.6. The van der Waals surface area contributed by atoms with E-state index in [-0.39, 0.29) is 0 Å². The smallest absolute Gasteiger partial charge is 0.309 e. The van der Waals surface area contributed by atoms with Crippen molar-refractivity contribution >= 4 is 11.9 Å². The van der Waals surface area contributed by atoms with E-state index in [1.807, 2.05) is 0 Å². The molecule has 3 N–H and O–H groups in total. The molecule has 1 fully saturated rings. The molecule has 0 aromatic rings. The zero-order chi connectivity index (χ0) is 50.6. The topological polar surface area (TPSA) is 94.8 Å². The minimum absolute atomic E-state index is 0.338. The predicted octanol–water partition coefficient (Wildman–Crippen LogP) is 21.9. The molecule has 0 aromatic heterocycles. The number of aliphatic carboxylic acids is 2. The lowest BCUT2D eigenvalue weighted by atomic mass is 9.91. The molecule has 1 aliphatic rings. The first-order chi connectivity index (χ1) is 34.4. The first-order valence-electron chi connectivity index (χ1n) is 32.5. The number of carbonyl (C=O) groups is 2. The van der Waals surface area contributed by atoms with Crippen molar-refractivity contribution in [3.63, 3.8) is 0 Å². The van der Waals surface area contributed by atoms with Gasteiger partial charge < -0.3 is 15.3 Å². The van der Waals surface area contributed by atoms with E-state index in [4.69, 9.17) is 5.11 Å². The van der Waals surface area contributed by atoms with Crippen LogP contribution in [0.1, 0.15) is 373 Å². The van der Waals surface area contributed by atoms with E-state index in [1.54, 1.807) is 0 Å². The fraction of sp³-hybridized carbons (Fsp3) is 0.969. The van der Waals surface area contributed by atoms with Crippen molar-refractivity contribution in [2.24, 2.45) is 23.7 Å². The van der Waals surface area contributed by atoms with Gasteiger partial charge in [0.25, 0.3) is 0 Å². The maximum atomic E-state index is 11.9. The van der Waals surface area contributed by atoms with Crippen LogP contribution in [0.3, 0.4) is 0 Å². The second kappa shape index (κ2) is 52.8. The highest BCUT2D eigenvalue weighted by Crippen LogP contribution is 2.49. The molecule has 0 heterocycles. The quantitative estimate of drug-likeness (QED) is 0.0528. The van der Waals surface area contributed by atoms with E-state index >= 15 is 0 Å². The number of unbranched alkanes of at least 4 members (excludes halogenated alkanes) is 47. The van der Waals surface area contributed by atoms with Crippen LogP contribution in [0.4, 0.5) is 0 Å². The van der Waals surface area contributed by atoms with Gasteiger partial charge in [-0.1, -0.05) is 341 Å². The summed E-state index contributed by atoms with van der Waals surface area (Å²) in [7, 11) is 0. The van der Waals surface area contributed by atoms with E-state index < -0.39 is 24.0 Å². The van der Waals surface area contributed by atoms with Gasteiger partial charge in [-0.3, -0.25) is 9.59 Å². The maximum Gasteiger partial charge on any atom is 0.309 e. The normalized spacial score (nSPS) is 15.9. The van der Waals surface area contributed by atoms with Crippen LogP contribution < -0.4 is 0 Å².